The molecular formula is C27H29F2N7O3. The molecule has 5 heterocycles. The van der Waals surface area contributed by atoms with E-state index >= 15 is 0 Å². The van der Waals surface area contributed by atoms with Crippen LogP contribution >= 0.6 is 0 Å². The predicted molar refractivity (Wildman–Crippen MR) is 141 cm³/mol. The highest BCUT2D eigenvalue weighted by molar-refractivity contribution is 5.91. The van der Waals surface area contributed by atoms with Gasteiger partial charge in [0, 0.05) is 38.8 Å². The van der Waals surface area contributed by atoms with E-state index in [0.29, 0.717) is 67.8 Å². The van der Waals surface area contributed by atoms with Crippen LogP contribution in [0.5, 0.6) is 0 Å². The number of ether oxygens (including phenoxy) is 1. The zero-order valence-corrected chi connectivity index (χ0v) is 21.7. The highest BCUT2D eigenvalue weighted by atomic mass is 19.3. The normalized spacial score (nSPS) is 20.3. The molecule has 0 N–H and O–H groups in total. The van der Waals surface area contributed by atoms with Gasteiger partial charge < -0.3 is 23.9 Å². The van der Waals surface area contributed by atoms with Crippen LogP contribution in [-0.2, 0) is 4.74 Å². The standard InChI is InChI=1S/C27H29F2N7O3/c1-17-18(2)38-15-13-35(17)23-16-22(33-9-11-34(12-10-33)26(37)21-8-5-14-39-21)31-27(32-23)36-20-7-4-3-6-19(20)30-25(36)24(28)29/h3-8,14,16-18,24H,9-13,15H2,1-2H3/t17-,18-/m1/s1. The van der Waals surface area contributed by atoms with Crippen molar-refractivity contribution in [2.75, 3.05) is 49.1 Å². The van der Waals surface area contributed by atoms with Gasteiger partial charge in [-0.3, -0.25) is 9.36 Å². The van der Waals surface area contributed by atoms with Gasteiger partial charge in [-0.15, -0.1) is 0 Å². The second kappa shape index (κ2) is 10.3. The summed E-state index contributed by atoms with van der Waals surface area (Å²) in [6.07, 6.45) is -1.36. The lowest BCUT2D eigenvalue weighted by Crippen LogP contribution is -2.50. The number of morpholine rings is 1. The molecule has 2 fully saturated rings. The number of furan rings is 1. The van der Waals surface area contributed by atoms with Gasteiger partial charge in [-0.25, -0.2) is 13.8 Å². The van der Waals surface area contributed by atoms with Crippen LogP contribution in [0.2, 0.25) is 0 Å². The van der Waals surface area contributed by atoms with Crippen LogP contribution in [0.4, 0.5) is 20.4 Å². The van der Waals surface area contributed by atoms with Gasteiger partial charge in [0.15, 0.2) is 11.6 Å². The first-order valence-electron chi connectivity index (χ1n) is 13.0. The molecule has 4 aromatic rings. The van der Waals surface area contributed by atoms with E-state index in [-0.39, 0.29) is 24.0 Å². The molecule has 3 aromatic heterocycles. The van der Waals surface area contributed by atoms with E-state index in [1.54, 1.807) is 41.3 Å². The minimum Gasteiger partial charge on any atom is -0.459 e. The lowest BCUT2D eigenvalue weighted by atomic mass is 10.1. The molecule has 10 nitrogen and oxygen atoms in total. The van der Waals surface area contributed by atoms with Crippen LogP contribution in [0.15, 0.2) is 53.1 Å². The van der Waals surface area contributed by atoms with Gasteiger partial charge >= 0.3 is 0 Å². The Morgan fingerprint density at radius 3 is 2.49 bits per heavy atom. The van der Waals surface area contributed by atoms with Crippen molar-refractivity contribution < 1.29 is 22.7 Å². The number of hydrogen-bond acceptors (Lipinski definition) is 8. The molecular weight excluding hydrogens is 508 g/mol. The number of rotatable bonds is 5. The van der Waals surface area contributed by atoms with Crippen LogP contribution < -0.4 is 9.80 Å². The van der Waals surface area contributed by atoms with Crippen molar-refractivity contribution in [1.29, 1.82) is 0 Å². The molecule has 1 amide bonds. The van der Waals surface area contributed by atoms with Crippen molar-refractivity contribution in [2.45, 2.75) is 32.4 Å². The largest absolute Gasteiger partial charge is 0.459 e. The number of hydrogen-bond donors (Lipinski definition) is 0. The Hall–Kier alpha value is -4.06. The number of fused-ring (bicyclic) bond motifs is 1. The summed E-state index contributed by atoms with van der Waals surface area (Å²) in [6, 6.07) is 12.2. The highest BCUT2D eigenvalue weighted by Gasteiger charge is 2.30. The van der Waals surface area contributed by atoms with Gasteiger partial charge in [0.25, 0.3) is 12.3 Å². The Morgan fingerprint density at radius 2 is 1.74 bits per heavy atom. The van der Waals surface area contributed by atoms with E-state index in [0.717, 1.165) is 0 Å². The molecule has 0 aliphatic carbocycles. The zero-order chi connectivity index (χ0) is 27.1. The molecule has 0 bridgehead atoms. The topological polar surface area (TPSA) is 92.8 Å². The van der Waals surface area contributed by atoms with E-state index in [1.165, 1.54) is 10.8 Å². The number of carbonyl (C=O) groups excluding carboxylic acids is 1. The van der Waals surface area contributed by atoms with Crippen molar-refractivity contribution >= 4 is 28.6 Å². The third-order valence-electron chi connectivity index (χ3n) is 7.47. The minimum absolute atomic E-state index is 0.0196. The van der Waals surface area contributed by atoms with Crippen molar-refractivity contribution in [1.82, 2.24) is 24.4 Å². The number of aromatic nitrogens is 4. The molecule has 2 aliphatic heterocycles. The summed E-state index contributed by atoms with van der Waals surface area (Å²) >= 11 is 0. The summed E-state index contributed by atoms with van der Waals surface area (Å²) < 4.78 is 40.8. The molecule has 0 radical (unpaired) electrons. The molecule has 0 saturated carbocycles. The molecule has 2 saturated heterocycles. The number of benzene rings is 1. The van der Waals surface area contributed by atoms with Crippen LogP contribution in [0.3, 0.4) is 0 Å². The molecule has 204 valence electrons. The van der Waals surface area contributed by atoms with Crippen molar-refractivity contribution in [3.05, 3.63) is 60.3 Å². The summed E-state index contributed by atoms with van der Waals surface area (Å²) in [5.74, 6) is 1.10. The van der Waals surface area contributed by atoms with Gasteiger partial charge in [0.1, 0.15) is 11.6 Å². The maximum Gasteiger partial charge on any atom is 0.296 e. The number of anilines is 2. The number of halogens is 2. The molecule has 2 aliphatic rings. The Morgan fingerprint density at radius 1 is 0.974 bits per heavy atom. The average Bonchev–Trinajstić information content (AvgIpc) is 3.63. The molecule has 0 spiro atoms. The lowest BCUT2D eigenvalue weighted by molar-refractivity contribution is 0.0281. The summed E-state index contributed by atoms with van der Waals surface area (Å²) in [4.78, 5) is 32.4. The smallest absolute Gasteiger partial charge is 0.296 e. The number of amides is 1. The van der Waals surface area contributed by atoms with E-state index in [1.807, 2.05) is 13.0 Å². The first kappa shape index (κ1) is 25.2. The number of nitrogens with zero attached hydrogens (tertiary/aromatic N) is 7. The number of piperazine rings is 1. The Bertz CT molecular complexity index is 1470. The summed E-state index contributed by atoms with van der Waals surface area (Å²) in [5.41, 5.74) is 0.954. The third-order valence-corrected chi connectivity index (χ3v) is 7.47. The molecule has 2 atom stereocenters. The van der Waals surface area contributed by atoms with E-state index in [4.69, 9.17) is 19.1 Å². The van der Waals surface area contributed by atoms with Crippen LogP contribution in [0.1, 0.15) is 36.7 Å². The Kier molecular flexibility index (Phi) is 6.63. The first-order valence-corrected chi connectivity index (χ1v) is 13.0. The fourth-order valence-corrected chi connectivity index (χ4v) is 5.17. The van der Waals surface area contributed by atoms with Crippen LogP contribution in [0.25, 0.3) is 17.0 Å². The number of para-hydroxylation sites is 2. The minimum atomic E-state index is -2.81. The van der Waals surface area contributed by atoms with Gasteiger partial charge in [-0.2, -0.15) is 9.97 Å². The van der Waals surface area contributed by atoms with Gasteiger partial charge in [0.2, 0.25) is 5.95 Å². The van der Waals surface area contributed by atoms with Crippen LogP contribution in [-0.4, -0.2) is 81.8 Å². The maximum absolute atomic E-state index is 14.2. The van der Waals surface area contributed by atoms with E-state index < -0.39 is 12.2 Å². The molecule has 12 heteroatoms. The van der Waals surface area contributed by atoms with Crippen molar-refractivity contribution in [3.63, 3.8) is 0 Å². The van der Waals surface area contributed by atoms with Gasteiger partial charge in [-0.05, 0) is 38.1 Å². The predicted octanol–water partition coefficient (Wildman–Crippen LogP) is 3.92. The summed E-state index contributed by atoms with van der Waals surface area (Å²) in [6.45, 7) is 7.18. The monoisotopic (exact) mass is 537 g/mol. The van der Waals surface area contributed by atoms with E-state index in [9.17, 15) is 13.6 Å². The number of imidazole rings is 1. The molecule has 0 unspecified atom stereocenters. The maximum atomic E-state index is 14.2. The molecule has 1 aromatic carbocycles. The second-order valence-corrected chi connectivity index (χ2v) is 9.75. The zero-order valence-electron chi connectivity index (χ0n) is 21.7. The average molecular weight is 538 g/mol. The highest BCUT2D eigenvalue weighted by Crippen LogP contribution is 2.31. The quantitative estimate of drug-likeness (QED) is 0.378. The van der Waals surface area contributed by atoms with Gasteiger partial charge in [0.05, 0.1) is 36.0 Å². The van der Waals surface area contributed by atoms with Crippen molar-refractivity contribution in [2.24, 2.45) is 0 Å². The van der Waals surface area contributed by atoms with E-state index in [2.05, 4.69) is 21.7 Å². The lowest BCUT2D eigenvalue weighted by Gasteiger charge is -2.39. The summed E-state index contributed by atoms with van der Waals surface area (Å²) in [7, 11) is 0. The first-order chi connectivity index (χ1) is 18.9. The summed E-state index contributed by atoms with van der Waals surface area (Å²) in [5, 5.41) is 0. The fraction of sp³-hybridized carbons (Fsp3) is 0.407. The van der Waals surface area contributed by atoms with Gasteiger partial charge in [-0.1, -0.05) is 12.1 Å². The fourth-order valence-electron chi connectivity index (χ4n) is 5.17. The molecule has 6 rings (SSSR count). The Balaban J connectivity index is 1.39. The third kappa shape index (κ3) is 4.69. The number of alkyl halides is 2. The number of carbonyl (C=O) groups is 1. The second-order valence-electron chi connectivity index (χ2n) is 9.75. The van der Waals surface area contributed by atoms with Crippen molar-refractivity contribution in [3.8, 4) is 5.95 Å². The molecule has 39 heavy (non-hydrogen) atoms. The van der Waals surface area contributed by atoms with Crippen LogP contribution in [0, 0.1) is 0 Å². The SMILES string of the molecule is C[C@@H]1[C@@H](C)OCCN1c1cc(N2CCN(C(=O)c3ccco3)CC2)nc(-n2c(C(F)F)nc3ccccc32)n1. The Labute approximate surface area is 223 Å².